The van der Waals surface area contributed by atoms with Crippen LogP contribution in [0.3, 0.4) is 0 Å². The number of thioether (sulfide) groups is 1. The van der Waals surface area contributed by atoms with Gasteiger partial charge >= 0.3 is 0 Å². The van der Waals surface area contributed by atoms with Gasteiger partial charge in [-0.15, -0.1) is 16.9 Å². The quantitative estimate of drug-likeness (QED) is 0.711. The highest BCUT2D eigenvalue weighted by Gasteiger charge is 2.17. The molecule has 0 spiro atoms. The maximum atomic E-state index is 11.2. The van der Waals surface area contributed by atoms with Crippen molar-refractivity contribution in [3.8, 4) is 0 Å². The second kappa shape index (κ2) is 5.84. The van der Waals surface area contributed by atoms with Crippen LogP contribution in [0.15, 0.2) is 52.3 Å². The Morgan fingerprint density at radius 1 is 1.36 bits per heavy atom. The fraction of sp³-hybridized carbons (Fsp3) is 0.0769. The number of rotatable bonds is 5. The summed E-state index contributed by atoms with van der Waals surface area (Å²) in [5, 5.41) is 8.97. The van der Waals surface area contributed by atoms with Gasteiger partial charge in [0.2, 0.25) is 9.30 Å². The predicted octanol–water partition coefficient (Wildman–Crippen LogP) is 2.24. The molecule has 0 fully saturated rings. The van der Waals surface area contributed by atoms with Crippen LogP contribution in [0.1, 0.15) is 5.69 Å². The third-order valence-corrected chi connectivity index (χ3v) is 6.12. The van der Waals surface area contributed by atoms with Crippen molar-refractivity contribution in [3.05, 3.63) is 48.8 Å². The zero-order chi connectivity index (χ0) is 15.7. The number of nitrogens with zero attached hydrogens (tertiary/aromatic N) is 3. The molecule has 0 radical (unpaired) electrons. The lowest BCUT2D eigenvalue weighted by molar-refractivity contribution is 0.595. The topological polar surface area (TPSA) is 90.4 Å². The van der Waals surface area contributed by atoms with Crippen molar-refractivity contribution in [2.45, 2.75) is 9.24 Å². The van der Waals surface area contributed by atoms with E-state index >= 15 is 0 Å². The van der Waals surface area contributed by atoms with E-state index in [4.69, 9.17) is 5.14 Å². The van der Waals surface area contributed by atoms with Crippen molar-refractivity contribution in [3.63, 3.8) is 0 Å². The molecule has 3 aromatic rings. The number of sulfonamides is 1. The number of nitrogens with two attached hydrogens (primary N) is 1. The summed E-state index contributed by atoms with van der Waals surface area (Å²) in [5.74, 6) is 0.691. The monoisotopic (exact) mass is 352 g/mol. The predicted molar refractivity (Wildman–Crippen MR) is 88.4 cm³/mol. The Bertz CT molecular complexity index is 897. The van der Waals surface area contributed by atoms with Crippen LogP contribution in [0, 0.1) is 0 Å². The molecule has 22 heavy (non-hydrogen) atoms. The summed E-state index contributed by atoms with van der Waals surface area (Å²) >= 11 is 2.60. The van der Waals surface area contributed by atoms with Gasteiger partial charge in [0.25, 0.3) is 10.0 Å². The van der Waals surface area contributed by atoms with Crippen LogP contribution >= 0.6 is 23.1 Å². The Hall–Kier alpha value is -1.68. The van der Waals surface area contributed by atoms with E-state index in [0.717, 1.165) is 21.8 Å². The van der Waals surface area contributed by atoms with Crippen LogP contribution in [0.25, 0.3) is 10.5 Å². The van der Waals surface area contributed by atoms with Crippen LogP contribution in [0.5, 0.6) is 0 Å². The summed E-state index contributed by atoms with van der Waals surface area (Å²) in [5.41, 5.74) is 1.55. The first-order valence-electron chi connectivity index (χ1n) is 6.18. The molecule has 0 aliphatic heterocycles. The average molecular weight is 352 g/mol. The van der Waals surface area contributed by atoms with Crippen LogP contribution < -0.4 is 5.14 Å². The van der Waals surface area contributed by atoms with Gasteiger partial charge < -0.3 is 0 Å². The van der Waals surface area contributed by atoms with Gasteiger partial charge in [0, 0.05) is 10.6 Å². The van der Waals surface area contributed by atoms with Crippen LogP contribution in [-0.2, 0) is 10.0 Å². The Morgan fingerprint density at radius 3 is 2.73 bits per heavy atom. The van der Waals surface area contributed by atoms with Crippen molar-refractivity contribution in [2.75, 3.05) is 5.75 Å². The number of hydrogen-bond donors (Lipinski definition) is 1. The van der Waals surface area contributed by atoms with Gasteiger partial charge in [0.1, 0.15) is 0 Å². The van der Waals surface area contributed by atoms with E-state index in [1.165, 1.54) is 4.52 Å². The smallest absolute Gasteiger partial charge is 0.223 e. The second-order valence-corrected chi connectivity index (χ2v) is 8.21. The standard InChI is InChI=1S/C13H12N4O2S3/c1-9(8-20-10-5-3-2-4-6-10)11-7-17-12(15-11)21-13(16-17)22(14,18)19/h2-7H,1,8H2,(H2,14,18,19). The van der Waals surface area contributed by atoms with E-state index in [-0.39, 0.29) is 4.34 Å². The molecule has 6 nitrogen and oxygen atoms in total. The summed E-state index contributed by atoms with van der Waals surface area (Å²) in [4.78, 5) is 5.97. The minimum absolute atomic E-state index is 0.147. The van der Waals surface area contributed by atoms with Gasteiger partial charge in [-0.2, -0.15) is 0 Å². The number of hydrogen-bond acceptors (Lipinski definition) is 6. The van der Waals surface area contributed by atoms with Gasteiger partial charge in [-0.05, 0) is 17.7 Å². The number of benzene rings is 1. The summed E-state index contributed by atoms with van der Waals surface area (Å²) in [6.07, 6.45) is 1.66. The van der Waals surface area contributed by atoms with E-state index < -0.39 is 10.0 Å². The normalized spacial score (nSPS) is 11.9. The second-order valence-electron chi connectivity index (χ2n) is 4.47. The maximum absolute atomic E-state index is 11.2. The van der Waals surface area contributed by atoms with Crippen LogP contribution in [0.2, 0.25) is 0 Å². The molecule has 1 aromatic carbocycles. The Balaban J connectivity index is 1.76. The lowest BCUT2D eigenvalue weighted by atomic mass is 10.3. The minimum atomic E-state index is -3.79. The van der Waals surface area contributed by atoms with Crippen molar-refractivity contribution < 1.29 is 8.42 Å². The maximum Gasteiger partial charge on any atom is 0.267 e. The first kappa shape index (κ1) is 15.2. The Kier molecular flexibility index (Phi) is 4.04. The van der Waals surface area contributed by atoms with E-state index in [2.05, 4.69) is 16.7 Å². The molecule has 0 saturated heterocycles. The number of aromatic nitrogens is 3. The molecule has 0 unspecified atom stereocenters. The van der Waals surface area contributed by atoms with Gasteiger partial charge in [-0.25, -0.2) is 23.1 Å². The van der Waals surface area contributed by atoms with Gasteiger partial charge in [-0.1, -0.05) is 36.1 Å². The van der Waals surface area contributed by atoms with Crippen molar-refractivity contribution >= 4 is 43.7 Å². The lowest BCUT2D eigenvalue weighted by Crippen LogP contribution is -2.12. The molecule has 3 rings (SSSR count). The molecular weight excluding hydrogens is 340 g/mol. The van der Waals surface area contributed by atoms with Crippen LogP contribution in [0.4, 0.5) is 0 Å². The Morgan fingerprint density at radius 2 is 2.09 bits per heavy atom. The van der Waals surface area contributed by atoms with Gasteiger partial charge in [-0.3, -0.25) is 0 Å². The molecule has 0 bridgehead atoms. The zero-order valence-electron chi connectivity index (χ0n) is 11.3. The first-order valence-corrected chi connectivity index (χ1v) is 9.53. The summed E-state index contributed by atoms with van der Waals surface area (Å²) in [7, 11) is -3.79. The third-order valence-electron chi connectivity index (χ3n) is 2.79. The molecular formula is C13H12N4O2S3. The van der Waals surface area contributed by atoms with Gasteiger partial charge in [0.15, 0.2) is 0 Å². The molecule has 2 N–H and O–H groups in total. The Labute approximate surface area is 135 Å². The largest absolute Gasteiger partial charge is 0.267 e. The van der Waals surface area contributed by atoms with Gasteiger partial charge in [0.05, 0.1) is 11.9 Å². The summed E-state index contributed by atoms with van der Waals surface area (Å²) < 4.78 is 23.8. The van der Waals surface area contributed by atoms with E-state index in [0.29, 0.717) is 16.4 Å². The molecule has 0 atom stereocenters. The fourth-order valence-corrected chi connectivity index (χ4v) is 4.07. The molecule has 114 valence electrons. The zero-order valence-corrected chi connectivity index (χ0v) is 13.8. The fourth-order valence-electron chi connectivity index (χ4n) is 1.73. The van der Waals surface area contributed by atoms with Crippen LogP contribution in [-0.4, -0.2) is 28.8 Å². The first-order chi connectivity index (χ1) is 10.4. The molecule has 2 heterocycles. The van der Waals surface area contributed by atoms with E-state index in [1.807, 2.05) is 30.3 Å². The molecule has 2 aromatic heterocycles. The lowest BCUT2D eigenvalue weighted by Gasteiger charge is -2.02. The average Bonchev–Trinajstić information content (AvgIpc) is 3.04. The van der Waals surface area contributed by atoms with Crippen molar-refractivity contribution in [1.29, 1.82) is 0 Å². The molecule has 0 aliphatic rings. The summed E-state index contributed by atoms with van der Waals surface area (Å²) in [6.45, 7) is 4.02. The van der Waals surface area contributed by atoms with E-state index in [1.54, 1.807) is 18.0 Å². The molecule has 0 saturated carbocycles. The molecule has 0 amide bonds. The number of primary sulfonamides is 1. The molecule has 9 heteroatoms. The highest BCUT2D eigenvalue weighted by atomic mass is 32.2. The third kappa shape index (κ3) is 3.22. The molecule has 0 aliphatic carbocycles. The highest BCUT2D eigenvalue weighted by molar-refractivity contribution is 7.99. The SMILES string of the molecule is C=C(CSc1ccccc1)c1cn2nc(S(N)(=O)=O)sc2n1. The van der Waals surface area contributed by atoms with E-state index in [9.17, 15) is 8.42 Å². The van der Waals surface area contributed by atoms with Crippen molar-refractivity contribution in [1.82, 2.24) is 14.6 Å². The minimum Gasteiger partial charge on any atom is -0.223 e. The summed E-state index contributed by atoms with van der Waals surface area (Å²) in [6, 6.07) is 10.00. The number of fused-ring (bicyclic) bond motifs is 1. The van der Waals surface area contributed by atoms with Crippen molar-refractivity contribution in [2.24, 2.45) is 5.14 Å². The number of imidazole rings is 1. The highest BCUT2D eigenvalue weighted by Crippen LogP contribution is 2.25.